The molecule has 2 N–H and O–H groups in total. The van der Waals surface area contributed by atoms with Crippen LogP contribution in [-0.2, 0) is 11.3 Å². The van der Waals surface area contributed by atoms with E-state index in [1.54, 1.807) is 6.92 Å². The molecule has 1 amide bonds. The van der Waals surface area contributed by atoms with E-state index in [1.165, 1.54) is 12.8 Å². The van der Waals surface area contributed by atoms with E-state index < -0.39 is 6.10 Å². The van der Waals surface area contributed by atoms with Crippen molar-refractivity contribution in [2.45, 2.75) is 51.3 Å². The van der Waals surface area contributed by atoms with E-state index in [9.17, 15) is 4.79 Å². The van der Waals surface area contributed by atoms with Gasteiger partial charge in [0.25, 0.3) is 5.91 Å². The van der Waals surface area contributed by atoms with Crippen LogP contribution < -0.4 is 15.4 Å². The predicted molar refractivity (Wildman–Crippen MR) is 84.7 cm³/mol. The zero-order chi connectivity index (χ0) is 15.2. The number of amides is 1. The van der Waals surface area contributed by atoms with Crippen LogP contribution in [0.3, 0.4) is 0 Å². The van der Waals surface area contributed by atoms with Crippen molar-refractivity contribution in [3.05, 3.63) is 28.8 Å². The Bertz CT molecular complexity index is 487. The van der Waals surface area contributed by atoms with Gasteiger partial charge in [-0.15, -0.1) is 0 Å². The molecular formula is C16H23ClN2O2. The first-order valence-electron chi connectivity index (χ1n) is 7.51. The number of rotatable bonds is 6. The molecule has 0 radical (unpaired) electrons. The number of hydrogen-bond acceptors (Lipinski definition) is 3. The van der Waals surface area contributed by atoms with Crippen LogP contribution in [0.1, 0.15) is 38.2 Å². The van der Waals surface area contributed by atoms with Gasteiger partial charge in [-0.3, -0.25) is 4.79 Å². The molecule has 1 aromatic carbocycles. The third-order valence-corrected chi connectivity index (χ3v) is 4.16. The van der Waals surface area contributed by atoms with Gasteiger partial charge in [-0.1, -0.05) is 30.5 Å². The number of halogens is 1. The summed E-state index contributed by atoms with van der Waals surface area (Å²) in [5, 5.41) is 6.76. The second kappa shape index (κ2) is 7.66. The van der Waals surface area contributed by atoms with Gasteiger partial charge in [-0.2, -0.15) is 0 Å². The Hall–Kier alpha value is -1.26. The molecule has 1 aromatic rings. The van der Waals surface area contributed by atoms with Crippen LogP contribution >= 0.6 is 11.6 Å². The van der Waals surface area contributed by atoms with E-state index >= 15 is 0 Å². The van der Waals surface area contributed by atoms with Crippen molar-refractivity contribution in [3.63, 3.8) is 0 Å². The van der Waals surface area contributed by atoms with Gasteiger partial charge in [0, 0.05) is 23.2 Å². The summed E-state index contributed by atoms with van der Waals surface area (Å²) in [6.07, 6.45) is 4.00. The van der Waals surface area contributed by atoms with Gasteiger partial charge in [0.1, 0.15) is 5.75 Å². The molecule has 1 unspecified atom stereocenters. The summed E-state index contributed by atoms with van der Waals surface area (Å²) >= 11 is 6.19. The summed E-state index contributed by atoms with van der Waals surface area (Å²) in [6.45, 7) is 2.38. The molecule has 0 bridgehead atoms. The minimum absolute atomic E-state index is 0.0581. The molecule has 1 aliphatic carbocycles. The summed E-state index contributed by atoms with van der Waals surface area (Å²) in [7, 11) is 1.85. The first-order chi connectivity index (χ1) is 10.1. The predicted octanol–water partition coefficient (Wildman–Crippen LogP) is 2.89. The van der Waals surface area contributed by atoms with E-state index in [2.05, 4.69) is 10.6 Å². The second-order valence-electron chi connectivity index (χ2n) is 5.50. The lowest BCUT2D eigenvalue weighted by molar-refractivity contribution is -0.128. The normalized spacial score (nSPS) is 16.7. The first-order valence-corrected chi connectivity index (χ1v) is 7.88. The molecule has 2 rings (SSSR count). The highest BCUT2D eigenvalue weighted by Gasteiger charge is 2.22. The molecule has 1 aliphatic rings. The van der Waals surface area contributed by atoms with Gasteiger partial charge in [0.15, 0.2) is 6.10 Å². The maximum atomic E-state index is 12.2. The lowest BCUT2D eigenvalue weighted by Gasteiger charge is -2.20. The van der Waals surface area contributed by atoms with Crippen LogP contribution in [0.15, 0.2) is 18.2 Å². The average Bonchev–Trinajstić information content (AvgIpc) is 2.95. The third-order valence-electron chi connectivity index (χ3n) is 3.80. The number of nitrogens with one attached hydrogen (secondary N) is 2. The average molecular weight is 311 g/mol. The number of carbonyl (C=O) groups excluding carboxylic acids is 1. The maximum Gasteiger partial charge on any atom is 0.260 e. The van der Waals surface area contributed by atoms with E-state index in [0.29, 0.717) is 23.4 Å². The van der Waals surface area contributed by atoms with Gasteiger partial charge < -0.3 is 15.4 Å². The van der Waals surface area contributed by atoms with Crippen LogP contribution in [-0.4, -0.2) is 25.1 Å². The highest BCUT2D eigenvalue weighted by molar-refractivity contribution is 6.31. The molecule has 21 heavy (non-hydrogen) atoms. The second-order valence-corrected chi connectivity index (χ2v) is 5.90. The van der Waals surface area contributed by atoms with Crippen LogP contribution in [0, 0.1) is 0 Å². The third kappa shape index (κ3) is 4.35. The van der Waals surface area contributed by atoms with Gasteiger partial charge >= 0.3 is 0 Å². The van der Waals surface area contributed by atoms with Crippen LogP contribution in [0.2, 0.25) is 5.02 Å². The number of carbonyl (C=O) groups is 1. The molecule has 0 aromatic heterocycles. The minimum atomic E-state index is -0.528. The van der Waals surface area contributed by atoms with Gasteiger partial charge in [0.05, 0.1) is 0 Å². The van der Waals surface area contributed by atoms with Crippen molar-refractivity contribution >= 4 is 17.5 Å². The van der Waals surface area contributed by atoms with Crippen molar-refractivity contribution < 1.29 is 9.53 Å². The van der Waals surface area contributed by atoms with Crippen molar-refractivity contribution in [1.29, 1.82) is 0 Å². The van der Waals surface area contributed by atoms with E-state index in [-0.39, 0.29) is 5.91 Å². The highest BCUT2D eigenvalue weighted by Crippen LogP contribution is 2.27. The fourth-order valence-electron chi connectivity index (χ4n) is 2.63. The Morgan fingerprint density at radius 3 is 2.81 bits per heavy atom. The standard InChI is InChI=1S/C16H23ClN2O2/c1-11(16(20)19-12-6-3-4-7-12)21-15-9-5-8-14(17)13(15)10-18-2/h5,8-9,11-12,18H,3-4,6-7,10H2,1-2H3,(H,19,20). The van der Waals surface area contributed by atoms with E-state index in [0.717, 1.165) is 18.4 Å². The minimum Gasteiger partial charge on any atom is -0.481 e. The molecule has 0 heterocycles. The molecular weight excluding hydrogens is 288 g/mol. The van der Waals surface area contributed by atoms with Gasteiger partial charge in [-0.25, -0.2) is 0 Å². The fraction of sp³-hybridized carbons (Fsp3) is 0.562. The molecule has 1 fully saturated rings. The van der Waals surface area contributed by atoms with Crippen molar-refractivity contribution in [3.8, 4) is 5.75 Å². The smallest absolute Gasteiger partial charge is 0.260 e. The summed E-state index contributed by atoms with van der Waals surface area (Å²) in [5.74, 6) is 0.600. The van der Waals surface area contributed by atoms with Gasteiger partial charge in [0.2, 0.25) is 0 Å². The molecule has 0 spiro atoms. The zero-order valence-corrected chi connectivity index (χ0v) is 13.4. The lowest BCUT2D eigenvalue weighted by Crippen LogP contribution is -2.41. The Labute approximate surface area is 131 Å². The molecule has 5 heteroatoms. The Kier molecular flexibility index (Phi) is 5.88. The van der Waals surface area contributed by atoms with Gasteiger partial charge in [-0.05, 0) is 38.9 Å². The molecule has 116 valence electrons. The molecule has 0 saturated heterocycles. The lowest BCUT2D eigenvalue weighted by atomic mass is 10.2. The maximum absolute atomic E-state index is 12.2. The topological polar surface area (TPSA) is 50.4 Å². The van der Waals surface area contributed by atoms with E-state index in [1.807, 2.05) is 25.2 Å². The summed E-state index contributed by atoms with van der Waals surface area (Å²) in [4.78, 5) is 12.2. The number of hydrogen-bond donors (Lipinski definition) is 2. The zero-order valence-electron chi connectivity index (χ0n) is 12.6. The summed E-state index contributed by atoms with van der Waals surface area (Å²) in [5.41, 5.74) is 0.877. The molecule has 0 aliphatic heterocycles. The van der Waals surface area contributed by atoms with Crippen LogP contribution in [0.4, 0.5) is 0 Å². The quantitative estimate of drug-likeness (QED) is 0.849. The SMILES string of the molecule is CNCc1c(Cl)cccc1OC(C)C(=O)NC1CCCC1. The molecule has 1 saturated carbocycles. The number of ether oxygens (including phenoxy) is 1. The Morgan fingerprint density at radius 2 is 2.14 bits per heavy atom. The Morgan fingerprint density at radius 1 is 1.43 bits per heavy atom. The molecule has 1 atom stereocenters. The molecule has 4 nitrogen and oxygen atoms in total. The van der Waals surface area contributed by atoms with Crippen molar-refractivity contribution in [1.82, 2.24) is 10.6 Å². The van der Waals surface area contributed by atoms with Crippen LogP contribution in [0.25, 0.3) is 0 Å². The monoisotopic (exact) mass is 310 g/mol. The Balaban J connectivity index is 1.99. The summed E-state index contributed by atoms with van der Waals surface area (Å²) in [6, 6.07) is 5.81. The summed E-state index contributed by atoms with van der Waals surface area (Å²) < 4.78 is 5.81. The van der Waals surface area contributed by atoms with Crippen LogP contribution in [0.5, 0.6) is 5.75 Å². The largest absolute Gasteiger partial charge is 0.481 e. The van der Waals surface area contributed by atoms with Crippen molar-refractivity contribution in [2.24, 2.45) is 0 Å². The number of benzene rings is 1. The first kappa shape index (κ1) is 16.1. The van der Waals surface area contributed by atoms with Crippen molar-refractivity contribution in [2.75, 3.05) is 7.05 Å². The fourth-order valence-corrected chi connectivity index (χ4v) is 2.86. The highest BCUT2D eigenvalue weighted by atomic mass is 35.5. The van der Waals surface area contributed by atoms with E-state index in [4.69, 9.17) is 16.3 Å².